The van der Waals surface area contributed by atoms with Gasteiger partial charge in [0.1, 0.15) is 5.75 Å². The van der Waals surface area contributed by atoms with E-state index in [1.807, 2.05) is 23.6 Å². The van der Waals surface area contributed by atoms with E-state index in [9.17, 15) is 9.59 Å². The zero-order valence-corrected chi connectivity index (χ0v) is 15.5. The molecule has 1 aromatic carbocycles. The van der Waals surface area contributed by atoms with E-state index in [-0.39, 0.29) is 11.8 Å². The molecule has 5 nitrogen and oxygen atoms in total. The monoisotopic (exact) mass is 344 g/mol. The second-order valence-corrected chi connectivity index (χ2v) is 6.64. The molecule has 1 saturated heterocycles. The molecule has 1 aliphatic heterocycles. The van der Waals surface area contributed by atoms with Gasteiger partial charge >= 0.3 is 0 Å². The van der Waals surface area contributed by atoms with Crippen molar-refractivity contribution in [3.05, 3.63) is 42.5 Å². The van der Waals surface area contributed by atoms with Crippen LogP contribution in [-0.4, -0.2) is 54.9 Å². The molecular formula is C20H28N2O3. The molecule has 0 spiro atoms. The topological polar surface area (TPSA) is 49.9 Å². The molecule has 0 aliphatic carbocycles. The van der Waals surface area contributed by atoms with Gasteiger partial charge in [-0.25, -0.2) is 0 Å². The second-order valence-electron chi connectivity index (χ2n) is 6.64. The normalized spacial score (nSPS) is 17.4. The van der Waals surface area contributed by atoms with E-state index < -0.39 is 5.41 Å². The number of ether oxygens (including phenoxy) is 1. The number of nitrogens with zero attached hydrogens (tertiary/aromatic N) is 2. The molecule has 0 unspecified atom stereocenters. The molecule has 0 saturated carbocycles. The van der Waals surface area contributed by atoms with Crippen molar-refractivity contribution in [2.24, 2.45) is 5.41 Å². The van der Waals surface area contributed by atoms with Gasteiger partial charge < -0.3 is 14.5 Å². The van der Waals surface area contributed by atoms with Crippen LogP contribution in [-0.2, 0) is 4.79 Å². The van der Waals surface area contributed by atoms with E-state index in [1.165, 1.54) is 0 Å². The minimum absolute atomic E-state index is 0.000994. The lowest BCUT2D eigenvalue weighted by atomic mass is 9.86. The second kappa shape index (κ2) is 8.19. The van der Waals surface area contributed by atoms with Gasteiger partial charge in [0, 0.05) is 31.7 Å². The Labute approximate surface area is 150 Å². The first-order valence-corrected chi connectivity index (χ1v) is 8.81. The summed E-state index contributed by atoms with van der Waals surface area (Å²) in [6.45, 7) is 10.2. The van der Waals surface area contributed by atoms with Crippen molar-refractivity contribution in [1.29, 1.82) is 0 Å². The Balaban J connectivity index is 2.04. The highest BCUT2D eigenvalue weighted by Gasteiger charge is 2.33. The number of rotatable bonds is 5. The Kier molecular flexibility index (Phi) is 6.23. The molecule has 1 aliphatic rings. The van der Waals surface area contributed by atoms with Crippen molar-refractivity contribution < 1.29 is 14.3 Å². The maximum atomic E-state index is 12.8. The zero-order valence-electron chi connectivity index (χ0n) is 15.5. The van der Waals surface area contributed by atoms with Crippen molar-refractivity contribution in [3.8, 4) is 5.75 Å². The van der Waals surface area contributed by atoms with Crippen molar-refractivity contribution in [3.63, 3.8) is 0 Å². The molecule has 1 fully saturated rings. The smallest absolute Gasteiger partial charge is 0.253 e. The molecule has 25 heavy (non-hydrogen) atoms. The molecule has 0 radical (unpaired) electrons. The summed E-state index contributed by atoms with van der Waals surface area (Å²) in [6, 6.07) is 7.14. The molecule has 0 aromatic heterocycles. The quantitative estimate of drug-likeness (QED) is 0.772. The van der Waals surface area contributed by atoms with E-state index >= 15 is 0 Å². The molecule has 2 rings (SSSR count). The number of carbonyl (C=O) groups excluding carboxylic acids is 2. The largest absolute Gasteiger partial charge is 0.497 e. The summed E-state index contributed by atoms with van der Waals surface area (Å²) in [5, 5.41) is 0. The third kappa shape index (κ3) is 4.21. The molecular weight excluding hydrogens is 316 g/mol. The molecule has 2 amide bonds. The summed E-state index contributed by atoms with van der Waals surface area (Å²) < 4.78 is 5.13. The summed E-state index contributed by atoms with van der Waals surface area (Å²) in [7, 11) is 1.60. The fourth-order valence-electron chi connectivity index (χ4n) is 2.98. The Morgan fingerprint density at radius 2 is 1.76 bits per heavy atom. The highest BCUT2D eigenvalue weighted by atomic mass is 16.5. The molecule has 1 heterocycles. The Morgan fingerprint density at radius 3 is 2.32 bits per heavy atom. The summed E-state index contributed by atoms with van der Waals surface area (Å²) >= 11 is 0. The van der Waals surface area contributed by atoms with Crippen LogP contribution in [0.4, 0.5) is 0 Å². The number of amides is 2. The van der Waals surface area contributed by atoms with Crippen LogP contribution in [0.2, 0.25) is 0 Å². The highest BCUT2D eigenvalue weighted by molar-refractivity contribution is 5.94. The number of hydrogen-bond acceptors (Lipinski definition) is 3. The van der Waals surface area contributed by atoms with E-state index in [0.717, 1.165) is 18.6 Å². The molecule has 1 aromatic rings. The summed E-state index contributed by atoms with van der Waals surface area (Å²) in [6.07, 6.45) is 3.24. The van der Waals surface area contributed by atoms with Crippen LogP contribution < -0.4 is 4.74 Å². The van der Waals surface area contributed by atoms with Crippen LogP contribution in [0.15, 0.2) is 36.9 Å². The van der Waals surface area contributed by atoms with Crippen LogP contribution in [0.3, 0.4) is 0 Å². The van der Waals surface area contributed by atoms with Gasteiger partial charge in [-0.2, -0.15) is 0 Å². The summed E-state index contributed by atoms with van der Waals surface area (Å²) in [5.41, 5.74) is 0.111. The van der Waals surface area contributed by atoms with Gasteiger partial charge in [-0.15, -0.1) is 6.58 Å². The Morgan fingerprint density at radius 1 is 1.16 bits per heavy atom. The fraction of sp³-hybridized carbons (Fsp3) is 0.500. The number of benzene rings is 1. The average molecular weight is 344 g/mol. The number of methoxy groups -OCH3 is 1. The molecule has 0 N–H and O–H groups in total. The minimum atomic E-state index is -0.533. The molecule has 136 valence electrons. The van der Waals surface area contributed by atoms with Gasteiger partial charge in [0.2, 0.25) is 5.91 Å². The van der Waals surface area contributed by atoms with Crippen molar-refractivity contribution in [2.45, 2.75) is 26.7 Å². The van der Waals surface area contributed by atoms with E-state index in [2.05, 4.69) is 6.58 Å². The Bertz CT molecular complexity index is 626. The molecule has 5 heteroatoms. The van der Waals surface area contributed by atoms with Gasteiger partial charge in [-0.3, -0.25) is 9.59 Å². The fourth-order valence-corrected chi connectivity index (χ4v) is 2.98. The maximum absolute atomic E-state index is 12.8. The maximum Gasteiger partial charge on any atom is 0.253 e. The van der Waals surface area contributed by atoms with Gasteiger partial charge in [0.15, 0.2) is 0 Å². The van der Waals surface area contributed by atoms with Gasteiger partial charge in [0.05, 0.1) is 12.5 Å². The third-order valence-corrected chi connectivity index (χ3v) is 5.08. The molecule has 1 atom stereocenters. The van der Waals surface area contributed by atoms with Gasteiger partial charge in [-0.05, 0) is 44.0 Å². The van der Waals surface area contributed by atoms with E-state index in [0.29, 0.717) is 31.7 Å². The average Bonchev–Trinajstić information content (AvgIpc) is 2.92. The van der Waals surface area contributed by atoms with Crippen LogP contribution in [0.1, 0.15) is 37.0 Å². The van der Waals surface area contributed by atoms with E-state index in [4.69, 9.17) is 4.74 Å². The van der Waals surface area contributed by atoms with Crippen LogP contribution in [0, 0.1) is 5.41 Å². The van der Waals surface area contributed by atoms with Gasteiger partial charge in [0.25, 0.3) is 5.91 Å². The summed E-state index contributed by atoms with van der Waals surface area (Å²) in [4.78, 5) is 29.2. The lowest BCUT2D eigenvalue weighted by Crippen LogP contribution is -2.43. The lowest BCUT2D eigenvalue weighted by Gasteiger charge is -2.31. The SMILES string of the molecule is C=C[C@@](C)(CC)C(=O)N1CCCN(C(=O)c2ccc(OC)cc2)CC1. The van der Waals surface area contributed by atoms with Crippen LogP contribution in [0.25, 0.3) is 0 Å². The summed E-state index contributed by atoms with van der Waals surface area (Å²) in [5.74, 6) is 0.829. The van der Waals surface area contributed by atoms with Crippen LogP contribution in [0.5, 0.6) is 5.75 Å². The first kappa shape index (κ1) is 19.0. The van der Waals surface area contributed by atoms with Crippen molar-refractivity contribution in [2.75, 3.05) is 33.3 Å². The minimum Gasteiger partial charge on any atom is -0.497 e. The standard InChI is InChI=1S/C20H28N2O3/c1-5-20(3,6-2)19(24)22-13-7-12-21(14-15-22)18(23)16-8-10-17(25-4)11-9-16/h5,8-11H,1,6-7,12-15H2,2-4H3/t20-/m0/s1. The predicted molar refractivity (Wildman–Crippen MR) is 98.7 cm³/mol. The first-order chi connectivity index (χ1) is 11.9. The van der Waals surface area contributed by atoms with Crippen molar-refractivity contribution in [1.82, 2.24) is 9.80 Å². The molecule has 0 bridgehead atoms. The Hall–Kier alpha value is -2.30. The van der Waals surface area contributed by atoms with E-state index in [1.54, 1.807) is 37.5 Å². The van der Waals surface area contributed by atoms with Gasteiger partial charge in [-0.1, -0.05) is 13.0 Å². The third-order valence-electron chi connectivity index (χ3n) is 5.08. The van der Waals surface area contributed by atoms with Crippen LogP contribution >= 0.6 is 0 Å². The number of carbonyl (C=O) groups is 2. The lowest BCUT2D eigenvalue weighted by molar-refractivity contribution is -0.138. The highest BCUT2D eigenvalue weighted by Crippen LogP contribution is 2.26. The first-order valence-electron chi connectivity index (χ1n) is 8.81. The predicted octanol–water partition coefficient (Wildman–Crippen LogP) is 2.97. The van der Waals surface area contributed by atoms with Crippen molar-refractivity contribution >= 4 is 11.8 Å². The number of hydrogen-bond donors (Lipinski definition) is 0. The zero-order chi connectivity index (χ0) is 18.4.